The van der Waals surface area contributed by atoms with Crippen molar-refractivity contribution in [2.75, 3.05) is 0 Å². The van der Waals surface area contributed by atoms with E-state index >= 15 is 0 Å². The van der Waals surface area contributed by atoms with Crippen LogP contribution >= 0.6 is 23.2 Å². The van der Waals surface area contributed by atoms with Gasteiger partial charge in [0.2, 0.25) is 0 Å². The number of furan rings is 1. The summed E-state index contributed by atoms with van der Waals surface area (Å²) in [4.78, 5) is 25.8. The van der Waals surface area contributed by atoms with E-state index in [-0.39, 0.29) is 35.5 Å². The third-order valence-electron chi connectivity index (χ3n) is 6.77. The number of imide groups is 1. The van der Waals surface area contributed by atoms with Crippen molar-refractivity contribution in [3.63, 3.8) is 0 Å². The van der Waals surface area contributed by atoms with E-state index < -0.39 is 0 Å². The number of carbonyl (C=O) groups excluding carboxylic acids is 2. The van der Waals surface area contributed by atoms with Gasteiger partial charge in [-0.3, -0.25) is 9.59 Å². The summed E-state index contributed by atoms with van der Waals surface area (Å²) in [5, 5.41) is 6.15. The Kier molecular flexibility index (Phi) is 3.66. The van der Waals surface area contributed by atoms with Crippen LogP contribution in [-0.2, 0) is 9.59 Å². The summed E-state index contributed by atoms with van der Waals surface area (Å²) >= 11 is 12.0. The predicted octanol–water partition coefficient (Wildman–Crippen LogP) is 4.64. The van der Waals surface area contributed by atoms with Crippen LogP contribution in [0.15, 0.2) is 52.0 Å². The number of allylic oxidation sites excluding steroid dienone is 2. The highest BCUT2D eigenvalue weighted by Gasteiger charge is 2.67. The predicted molar refractivity (Wildman–Crippen MR) is 108 cm³/mol. The fourth-order valence-corrected chi connectivity index (χ4v) is 5.69. The van der Waals surface area contributed by atoms with Gasteiger partial charge < -0.3 is 4.42 Å². The zero-order valence-corrected chi connectivity index (χ0v) is 16.7. The molecule has 2 amide bonds. The lowest BCUT2D eigenvalue weighted by Crippen LogP contribution is -2.40. The van der Waals surface area contributed by atoms with Crippen LogP contribution in [-0.4, -0.2) is 23.0 Å². The first-order valence-electron chi connectivity index (χ1n) is 9.68. The van der Waals surface area contributed by atoms with Crippen molar-refractivity contribution in [2.24, 2.45) is 40.6 Å². The molecule has 2 bridgehead atoms. The third-order valence-corrected chi connectivity index (χ3v) is 7.51. The van der Waals surface area contributed by atoms with Crippen LogP contribution in [0.2, 0.25) is 10.0 Å². The number of rotatable bonds is 3. The summed E-state index contributed by atoms with van der Waals surface area (Å²) in [5.74, 6) is 1.72. The molecule has 2 aromatic rings. The van der Waals surface area contributed by atoms with E-state index in [1.807, 2.05) is 0 Å². The number of halogens is 2. The lowest BCUT2D eigenvalue weighted by molar-refractivity contribution is -0.140. The highest BCUT2D eigenvalue weighted by molar-refractivity contribution is 6.42. The van der Waals surface area contributed by atoms with Crippen LogP contribution in [0.1, 0.15) is 12.2 Å². The van der Waals surface area contributed by atoms with Crippen molar-refractivity contribution < 1.29 is 14.0 Å². The molecule has 5 nitrogen and oxygen atoms in total. The van der Waals surface area contributed by atoms with Gasteiger partial charge in [-0.2, -0.15) is 10.1 Å². The number of hydrogen-bond acceptors (Lipinski definition) is 4. The van der Waals surface area contributed by atoms with E-state index in [9.17, 15) is 9.59 Å². The van der Waals surface area contributed by atoms with Crippen LogP contribution in [0.3, 0.4) is 0 Å². The largest absolute Gasteiger partial charge is 0.455 e. The Balaban J connectivity index is 1.24. The second-order valence-corrected chi connectivity index (χ2v) is 9.03. The highest BCUT2D eigenvalue weighted by Crippen LogP contribution is 2.65. The minimum Gasteiger partial charge on any atom is -0.455 e. The fraction of sp³-hybridized carbons (Fsp3) is 0.318. The summed E-state index contributed by atoms with van der Waals surface area (Å²) in [7, 11) is 0. The summed E-state index contributed by atoms with van der Waals surface area (Å²) < 4.78 is 5.78. The second kappa shape index (κ2) is 6.07. The molecule has 0 spiro atoms. The minimum atomic E-state index is -0.248. The molecule has 2 heterocycles. The molecule has 29 heavy (non-hydrogen) atoms. The van der Waals surface area contributed by atoms with Crippen molar-refractivity contribution in [1.82, 2.24) is 5.01 Å². The monoisotopic (exact) mass is 426 g/mol. The molecule has 2 saturated carbocycles. The van der Waals surface area contributed by atoms with Crippen molar-refractivity contribution in [2.45, 2.75) is 6.42 Å². The maximum Gasteiger partial charge on any atom is 0.254 e. The Bertz CT molecular complexity index is 1090. The average Bonchev–Trinajstić information content (AvgIpc) is 3.36. The number of benzene rings is 1. The van der Waals surface area contributed by atoms with Gasteiger partial charge in [-0.05, 0) is 60.4 Å². The molecular formula is C22H16Cl2N2O3. The Morgan fingerprint density at radius 2 is 1.66 bits per heavy atom. The van der Waals surface area contributed by atoms with E-state index in [1.165, 1.54) is 6.21 Å². The van der Waals surface area contributed by atoms with Gasteiger partial charge in [-0.15, -0.1) is 0 Å². The molecule has 1 saturated heterocycles. The molecule has 1 aliphatic heterocycles. The van der Waals surface area contributed by atoms with Crippen molar-refractivity contribution >= 4 is 41.2 Å². The van der Waals surface area contributed by atoms with Crippen molar-refractivity contribution in [3.8, 4) is 11.3 Å². The van der Waals surface area contributed by atoms with Crippen LogP contribution in [0.4, 0.5) is 0 Å². The van der Waals surface area contributed by atoms with Gasteiger partial charge in [0.1, 0.15) is 11.5 Å². The normalized spacial score (nSPS) is 34.2. The molecule has 0 N–H and O–H groups in total. The standard InChI is InChI=1S/C22H16Cl2N2O3/c23-16-5-1-10(7-17(16)24)18-6-2-11(29-18)9-25-26-21(27)19-12-3-4-13(15-8-14(12)15)20(19)22(26)28/h1-7,9,12-15,19-20H,8H2/b25-9-/t12-,13-,14-,15+,19+,20+/m1/s1. The smallest absolute Gasteiger partial charge is 0.254 e. The molecular weight excluding hydrogens is 411 g/mol. The van der Waals surface area contributed by atoms with Crippen LogP contribution in [0.25, 0.3) is 11.3 Å². The van der Waals surface area contributed by atoms with Gasteiger partial charge in [-0.1, -0.05) is 35.4 Å². The lowest BCUT2D eigenvalue weighted by Gasteiger charge is -2.37. The number of hydrazone groups is 1. The first-order chi connectivity index (χ1) is 14.0. The first kappa shape index (κ1) is 17.5. The van der Waals surface area contributed by atoms with Gasteiger partial charge in [0.05, 0.1) is 28.1 Å². The van der Waals surface area contributed by atoms with Crippen LogP contribution < -0.4 is 0 Å². The molecule has 5 aliphatic rings. The van der Waals surface area contributed by atoms with Gasteiger partial charge in [0, 0.05) is 5.56 Å². The Morgan fingerprint density at radius 3 is 2.31 bits per heavy atom. The molecule has 1 aromatic carbocycles. The summed E-state index contributed by atoms with van der Waals surface area (Å²) in [5.41, 5.74) is 0.778. The molecule has 4 aliphatic carbocycles. The Hall–Kier alpha value is -2.37. The van der Waals surface area contributed by atoms with E-state index in [4.69, 9.17) is 27.6 Å². The zero-order valence-electron chi connectivity index (χ0n) is 15.2. The molecule has 6 atom stereocenters. The first-order valence-corrected chi connectivity index (χ1v) is 10.4. The highest BCUT2D eigenvalue weighted by atomic mass is 35.5. The number of amides is 2. The van der Waals surface area contributed by atoms with E-state index in [1.54, 1.807) is 30.3 Å². The molecule has 7 heteroatoms. The molecule has 7 rings (SSSR count). The molecule has 0 unspecified atom stereocenters. The van der Waals surface area contributed by atoms with Gasteiger partial charge >= 0.3 is 0 Å². The maximum absolute atomic E-state index is 12.9. The molecule has 1 aromatic heterocycles. The maximum atomic E-state index is 12.9. The zero-order chi connectivity index (χ0) is 19.9. The molecule has 0 radical (unpaired) electrons. The second-order valence-electron chi connectivity index (χ2n) is 8.22. The van der Waals surface area contributed by atoms with Crippen molar-refractivity contribution in [1.29, 1.82) is 0 Å². The third kappa shape index (κ3) is 2.50. The summed E-state index contributed by atoms with van der Waals surface area (Å²) in [6.45, 7) is 0. The van der Waals surface area contributed by atoms with E-state index in [0.717, 1.165) is 17.0 Å². The van der Waals surface area contributed by atoms with Crippen molar-refractivity contribution in [3.05, 3.63) is 58.3 Å². The molecule has 146 valence electrons. The van der Waals surface area contributed by atoms with Gasteiger partial charge in [0.15, 0.2) is 0 Å². The van der Waals surface area contributed by atoms with E-state index in [2.05, 4.69) is 17.3 Å². The number of hydrogen-bond donors (Lipinski definition) is 0. The summed E-state index contributed by atoms with van der Waals surface area (Å²) in [6.07, 6.45) is 6.86. The minimum absolute atomic E-state index is 0.183. The SMILES string of the molecule is O=C1[C@H]2[C@@H]3C=C[C@H]([C@@H]4C[C@H]34)[C@@H]2C(=O)N1/N=C\c1ccc(-c2ccc(Cl)c(Cl)c2)o1. The van der Waals surface area contributed by atoms with Gasteiger partial charge in [-0.25, -0.2) is 0 Å². The number of nitrogens with zero attached hydrogens (tertiary/aromatic N) is 2. The Morgan fingerprint density at radius 1 is 0.966 bits per heavy atom. The number of carbonyl (C=O) groups is 2. The fourth-order valence-electron chi connectivity index (χ4n) is 5.40. The molecule has 3 fully saturated rings. The van der Waals surface area contributed by atoms with E-state index in [0.29, 0.717) is 33.4 Å². The topological polar surface area (TPSA) is 62.9 Å². The average molecular weight is 427 g/mol. The quantitative estimate of drug-likeness (QED) is 0.407. The lowest BCUT2D eigenvalue weighted by atomic mass is 9.63. The van der Waals surface area contributed by atoms with Crippen LogP contribution in [0.5, 0.6) is 0 Å². The Labute approximate surface area is 177 Å². The van der Waals surface area contributed by atoms with Crippen LogP contribution in [0, 0.1) is 35.5 Å². The van der Waals surface area contributed by atoms with Gasteiger partial charge in [0.25, 0.3) is 11.8 Å². The summed E-state index contributed by atoms with van der Waals surface area (Å²) in [6, 6.07) is 8.74.